The quantitative estimate of drug-likeness (QED) is 0.484. The Labute approximate surface area is 117 Å². The lowest BCUT2D eigenvalue weighted by molar-refractivity contribution is -0.142. The zero-order valence-electron chi connectivity index (χ0n) is 11.5. The van der Waals surface area contributed by atoms with E-state index in [1.54, 1.807) is 0 Å². The fourth-order valence-electron chi connectivity index (χ4n) is 1.78. The van der Waals surface area contributed by atoms with E-state index in [1.807, 2.05) is 19.9 Å². The van der Waals surface area contributed by atoms with E-state index in [1.165, 1.54) is 18.9 Å². The third kappa shape index (κ3) is 4.47. The second kappa shape index (κ2) is 6.34. The van der Waals surface area contributed by atoms with Crippen molar-refractivity contribution in [1.29, 1.82) is 0 Å². The average molecular weight is 281 g/mol. The number of thioether (sulfide) groups is 1. The Kier molecular flexibility index (Phi) is 4.76. The van der Waals surface area contributed by atoms with Crippen molar-refractivity contribution < 1.29 is 9.53 Å². The van der Waals surface area contributed by atoms with E-state index in [0.717, 1.165) is 24.2 Å². The van der Waals surface area contributed by atoms with Crippen LogP contribution in [0, 0.1) is 13.8 Å². The van der Waals surface area contributed by atoms with E-state index < -0.39 is 0 Å². The molecular weight excluding hydrogens is 262 g/mol. The molecule has 0 spiro atoms. The highest BCUT2D eigenvalue weighted by Crippen LogP contribution is 2.22. The molecule has 2 rings (SSSR count). The first-order valence-electron chi connectivity index (χ1n) is 6.37. The van der Waals surface area contributed by atoms with Gasteiger partial charge in [0.2, 0.25) is 0 Å². The summed E-state index contributed by atoms with van der Waals surface area (Å²) in [7, 11) is 1.42. The Bertz CT molecular complexity index is 443. The van der Waals surface area contributed by atoms with Crippen molar-refractivity contribution >= 4 is 17.7 Å². The molecule has 1 aromatic heterocycles. The number of methoxy groups -OCH3 is 1. The van der Waals surface area contributed by atoms with E-state index in [-0.39, 0.29) is 12.0 Å². The average Bonchev–Trinajstić information content (AvgIpc) is 3.16. The number of carbonyl (C=O) groups excluding carboxylic acids is 1. The predicted octanol–water partition coefficient (Wildman–Crippen LogP) is 1.48. The van der Waals surface area contributed by atoms with Crippen molar-refractivity contribution in [3.63, 3.8) is 0 Å². The lowest BCUT2D eigenvalue weighted by Crippen LogP contribution is -2.41. The van der Waals surface area contributed by atoms with Gasteiger partial charge in [-0.1, -0.05) is 11.8 Å². The summed E-state index contributed by atoms with van der Waals surface area (Å²) in [5.41, 5.74) is 1.89. The molecule has 0 aromatic carbocycles. The molecular formula is C13H19N3O2S. The van der Waals surface area contributed by atoms with E-state index in [0.29, 0.717) is 17.0 Å². The summed E-state index contributed by atoms with van der Waals surface area (Å²) >= 11 is 1.48. The van der Waals surface area contributed by atoms with E-state index in [4.69, 9.17) is 4.74 Å². The number of rotatable bonds is 6. The van der Waals surface area contributed by atoms with Gasteiger partial charge in [0.15, 0.2) is 5.16 Å². The van der Waals surface area contributed by atoms with Crippen molar-refractivity contribution in [2.75, 3.05) is 12.9 Å². The van der Waals surface area contributed by atoms with Gasteiger partial charge in [0, 0.05) is 23.2 Å². The maximum Gasteiger partial charge on any atom is 0.323 e. The molecule has 0 saturated heterocycles. The van der Waals surface area contributed by atoms with Crippen LogP contribution in [0.1, 0.15) is 24.2 Å². The molecule has 1 heterocycles. The third-order valence-corrected chi connectivity index (χ3v) is 3.78. The molecule has 0 aliphatic heterocycles. The molecule has 0 bridgehead atoms. The van der Waals surface area contributed by atoms with Crippen molar-refractivity contribution in [2.45, 2.75) is 43.9 Å². The third-order valence-electron chi connectivity index (χ3n) is 2.84. The van der Waals surface area contributed by atoms with Crippen LogP contribution in [-0.4, -0.2) is 40.9 Å². The second-order valence-corrected chi connectivity index (χ2v) is 5.75. The van der Waals surface area contributed by atoms with E-state index in [2.05, 4.69) is 15.3 Å². The highest BCUT2D eigenvalue weighted by molar-refractivity contribution is 7.99. The van der Waals surface area contributed by atoms with Crippen LogP contribution in [0.2, 0.25) is 0 Å². The fourth-order valence-corrected chi connectivity index (χ4v) is 2.74. The molecule has 0 radical (unpaired) electrons. The smallest absolute Gasteiger partial charge is 0.323 e. The summed E-state index contributed by atoms with van der Waals surface area (Å²) in [4.78, 5) is 20.4. The molecule has 104 valence electrons. The van der Waals surface area contributed by atoms with Gasteiger partial charge >= 0.3 is 5.97 Å². The van der Waals surface area contributed by atoms with Crippen LogP contribution in [0.15, 0.2) is 11.2 Å². The summed E-state index contributed by atoms with van der Waals surface area (Å²) in [5, 5.41) is 4.00. The normalized spacial score (nSPS) is 16.2. The van der Waals surface area contributed by atoms with Crippen LogP contribution in [0.25, 0.3) is 0 Å². The largest absolute Gasteiger partial charge is 0.468 e. The maximum atomic E-state index is 11.7. The lowest BCUT2D eigenvalue weighted by atomic mass is 10.3. The summed E-state index contributed by atoms with van der Waals surface area (Å²) in [6, 6.07) is 2.11. The number of esters is 1. The number of nitrogens with zero attached hydrogens (tertiary/aromatic N) is 2. The molecule has 1 unspecified atom stereocenters. The summed E-state index contributed by atoms with van der Waals surface area (Å²) in [6.07, 6.45) is 2.27. The minimum Gasteiger partial charge on any atom is -0.468 e. The Morgan fingerprint density at radius 1 is 1.47 bits per heavy atom. The van der Waals surface area contributed by atoms with Crippen LogP contribution in [0.3, 0.4) is 0 Å². The number of carbonyl (C=O) groups is 1. The molecule has 5 nitrogen and oxygen atoms in total. The molecule has 1 aliphatic rings. The van der Waals surface area contributed by atoms with Crippen molar-refractivity contribution in [3.05, 3.63) is 17.5 Å². The van der Waals surface area contributed by atoms with Gasteiger partial charge in [-0.15, -0.1) is 0 Å². The number of hydrogen-bond acceptors (Lipinski definition) is 6. The topological polar surface area (TPSA) is 64.1 Å². The van der Waals surface area contributed by atoms with Crippen LogP contribution >= 0.6 is 11.8 Å². The minimum atomic E-state index is -0.285. The Morgan fingerprint density at radius 3 is 2.63 bits per heavy atom. The maximum absolute atomic E-state index is 11.7. The van der Waals surface area contributed by atoms with Crippen LogP contribution in [0.4, 0.5) is 0 Å². The van der Waals surface area contributed by atoms with E-state index >= 15 is 0 Å². The van der Waals surface area contributed by atoms with Gasteiger partial charge in [-0.2, -0.15) is 0 Å². The highest BCUT2D eigenvalue weighted by Gasteiger charge is 2.29. The molecule has 19 heavy (non-hydrogen) atoms. The van der Waals surface area contributed by atoms with Crippen molar-refractivity contribution in [3.8, 4) is 0 Å². The van der Waals surface area contributed by atoms with Gasteiger partial charge in [0.1, 0.15) is 6.04 Å². The van der Waals surface area contributed by atoms with Gasteiger partial charge < -0.3 is 10.1 Å². The molecule has 1 aromatic rings. The van der Waals surface area contributed by atoms with Crippen molar-refractivity contribution in [2.24, 2.45) is 0 Å². The van der Waals surface area contributed by atoms with Crippen LogP contribution in [-0.2, 0) is 9.53 Å². The molecule has 1 atom stereocenters. The van der Waals surface area contributed by atoms with Crippen molar-refractivity contribution in [1.82, 2.24) is 15.3 Å². The first kappa shape index (κ1) is 14.3. The molecule has 0 amide bonds. The zero-order valence-corrected chi connectivity index (χ0v) is 12.3. The summed E-state index contributed by atoms with van der Waals surface area (Å²) in [6.45, 7) is 3.89. The monoisotopic (exact) mass is 281 g/mol. The Balaban J connectivity index is 1.94. The highest BCUT2D eigenvalue weighted by atomic mass is 32.2. The fraction of sp³-hybridized carbons (Fsp3) is 0.615. The molecule has 1 N–H and O–H groups in total. The minimum absolute atomic E-state index is 0.219. The number of aromatic nitrogens is 2. The predicted molar refractivity (Wildman–Crippen MR) is 74.2 cm³/mol. The molecule has 1 fully saturated rings. The molecule has 6 heteroatoms. The summed E-state index contributed by atoms with van der Waals surface area (Å²) in [5.74, 6) is 0.371. The Hall–Kier alpha value is -1.14. The lowest BCUT2D eigenvalue weighted by Gasteiger charge is -2.15. The van der Waals surface area contributed by atoms with Gasteiger partial charge in [0.25, 0.3) is 0 Å². The number of nitrogens with one attached hydrogen (secondary N) is 1. The first-order valence-corrected chi connectivity index (χ1v) is 7.36. The van der Waals surface area contributed by atoms with Gasteiger partial charge in [-0.25, -0.2) is 9.97 Å². The number of aryl methyl sites for hydroxylation is 2. The van der Waals surface area contributed by atoms with Crippen LogP contribution in [0.5, 0.6) is 0 Å². The molecule has 1 saturated carbocycles. The van der Waals surface area contributed by atoms with Gasteiger partial charge in [-0.05, 0) is 32.8 Å². The Morgan fingerprint density at radius 2 is 2.11 bits per heavy atom. The number of ether oxygens (including phenoxy) is 1. The van der Waals surface area contributed by atoms with Gasteiger partial charge in [-0.3, -0.25) is 4.79 Å². The molecule has 1 aliphatic carbocycles. The standard InChI is InChI=1S/C13H19N3O2S/c1-8-6-9(2)15-13(14-8)19-7-11(12(17)18-3)16-10-4-5-10/h6,10-11,16H,4-5,7H2,1-3H3. The summed E-state index contributed by atoms with van der Waals surface area (Å²) < 4.78 is 4.82. The first-order chi connectivity index (χ1) is 9.08. The SMILES string of the molecule is COC(=O)C(CSc1nc(C)cc(C)n1)NC1CC1. The zero-order chi connectivity index (χ0) is 13.8. The van der Waals surface area contributed by atoms with E-state index in [9.17, 15) is 4.79 Å². The van der Waals surface area contributed by atoms with Crippen LogP contribution < -0.4 is 5.32 Å². The van der Waals surface area contributed by atoms with Gasteiger partial charge in [0.05, 0.1) is 7.11 Å². The number of hydrogen-bond donors (Lipinski definition) is 1. The second-order valence-electron chi connectivity index (χ2n) is 4.76.